The molecule has 2 rings (SSSR count). The second-order valence-corrected chi connectivity index (χ2v) is 5.12. The summed E-state index contributed by atoms with van der Waals surface area (Å²) in [4.78, 5) is 16.2. The molecular formula is C12H14N4O2S. The van der Waals surface area contributed by atoms with E-state index in [2.05, 4.69) is 20.5 Å². The first-order valence-corrected chi connectivity index (χ1v) is 6.48. The number of carbonyl (C=O) groups excluding carboxylic acids is 1. The van der Waals surface area contributed by atoms with E-state index in [9.17, 15) is 4.79 Å². The maximum absolute atomic E-state index is 12.0. The van der Waals surface area contributed by atoms with Crippen LogP contribution in [0.5, 0.6) is 0 Å². The van der Waals surface area contributed by atoms with E-state index in [1.165, 1.54) is 11.3 Å². The van der Waals surface area contributed by atoms with Gasteiger partial charge in [0.25, 0.3) is 5.91 Å². The topological polar surface area (TPSA) is 77.0 Å². The first kappa shape index (κ1) is 13.6. The van der Waals surface area contributed by atoms with Crippen molar-refractivity contribution < 1.29 is 9.53 Å². The Hall–Kier alpha value is -1.86. The lowest BCUT2D eigenvalue weighted by molar-refractivity contribution is 0.102. The fraction of sp³-hybridized carbons (Fsp3) is 0.333. The summed E-state index contributed by atoms with van der Waals surface area (Å²) in [5, 5.41) is 11.6. The van der Waals surface area contributed by atoms with Gasteiger partial charge >= 0.3 is 0 Å². The molecule has 6 nitrogen and oxygen atoms in total. The van der Waals surface area contributed by atoms with E-state index in [0.717, 1.165) is 11.3 Å². The van der Waals surface area contributed by atoms with Gasteiger partial charge in [0.15, 0.2) is 0 Å². The third-order valence-corrected chi connectivity index (χ3v) is 3.10. The van der Waals surface area contributed by atoms with Gasteiger partial charge < -0.3 is 4.74 Å². The van der Waals surface area contributed by atoms with E-state index in [0.29, 0.717) is 22.4 Å². The maximum atomic E-state index is 12.0. The highest BCUT2D eigenvalue weighted by atomic mass is 32.1. The Morgan fingerprint density at radius 3 is 2.84 bits per heavy atom. The highest BCUT2D eigenvalue weighted by molar-refractivity contribution is 7.15. The van der Waals surface area contributed by atoms with Crippen LogP contribution < -0.4 is 5.32 Å². The summed E-state index contributed by atoms with van der Waals surface area (Å²) in [5.41, 5.74) is 2.18. The highest BCUT2D eigenvalue weighted by Gasteiger charge is 2.12. The lowest BCUT2D eigenvalue weighted by Gasteiger charge is -2.03. The Morgan fingerprint density at radius 1 is 1.37 bits per heavy atom. The molecule has 0 saturated heterocycles. The largest absolute Gasteiger partial charge is 0.377 e. The second kappa shape index (κ2) is 5.85. The predicted molar refractivity (Wildman–Crippen MR) is 72.3 cm³/mol. The normalized spacial score (nSPS) is 10.5. The zero-order chi connectivity index (χ0) is 13.8. The number of aromatic nitrogens is 3. The molecule has 2 heterocycles. The average molecular weight is 278 g/mol. The minimum absolute atomic E-state index is 0.285. The number of nitrogens with zero attached hydrogens (tertiary/aromatic N) is 3. The SMILES string of the molecule is COCc1nnc(NC(=O)c2cc(C)cc(C)n2)s1. The number of methoxy groups -OCH3 is 1. The molecule has 1 N–H and O–H groups in total. The number of ether oxygens (including phenoxy) is 1. The summed E-state index contributed by atoms with van der Waals surface area (Å²) < 4.78 is 4.95. The van der Waals surface area contributed by atoms with E-state index >= 15 is 0 Å². The number of pyridine rings is 1. The molecule has 0 aliphatic heterocycles. The van der Waals surface area contributed by atoms with Crippen molar-refractivity contribution in [2.75, 3.05) is 12.4 Å². The van der Waals surface area contributed by atoms with E-state index in [4.69, 9.17) is 4.74 Å². The number of aryl methyl sites for hydroxylation is 2. The number of hydrogen-bond acceptors (Lipinski definition) is 6. The van der Waals surface area contributed by atoms with Crippen molar-refractivity contribution in [3.05, 3.63) is 34.1 Å². The number of hydrogen-bond donors (Lipinski definition) is 1. The summed E-state index contributed by atoms with van der Waals surface area (Å²) in [5.74, 6) is -0.285. The third-order valence-electron chi connectivity index (χ3n) is 2.29. The van der Waals surface area contributed by atoms with Crippen molar-refractivity contribution in [2.45, 2.75) is 20.5 Å². The van der Waals surface area contributed by atoms with Crippen LogP contribution in [0.1, 0.15) is 26.8 Å². The van der Waals surface area contributed by atoms with Gasteiger partial charge in [0.05, 0.1) is 0 Å². The van der Waals surface area contributed by atoms with Gasteiger partial charge in [-0.3, -0.25) is 10.1 Å². The van der Waals surface area contributed by atoms with Crippen molar-refractivity contribution >= 4 is 22.4 Å². The van der Waals surface area contributed by atoms with E-state index < -0.39 is 0 Å². The zero-order valence-corrected chi connectivity index (χ0v) is 11.7. The van der Waals surface area contributed by atoms with Crippen LogP contribution in [0.4, 0.5) is 5.13 Å². The lowest BCUT2D eigenvalue weighted by Crippen LogP contribution is -2.14. The van der Waals surface area contributed by atoms with Crippen LogP contribution in [0.15, 0.2) is 12.1 Å². The van der Waals surface area contributed by atoms with Gasteiger partial charge in [-0.25, -0.2) is 4.98 Å². The number of nitrogens with one attached hydrogen (secondary N) is 1. The highest BCUT2D eigenvalue weighted by Crippen LogP contribution is 2.16. The van der Waals surface area contributed by atoms with Crippen LogP contribution in [0.3, 0.4) is 0 Å². The number of rotatable bonds is 4. The average Bonchev–Trinajstić information content (AvgIpc) is 2.76. The molecule has 0 fully saturated rings. The smallest absolute Gasteiger partial charge is 0.276 e. The van der Waals surface area contributed by atoms with Crippen LogP contribution in [-0.2, 0) is 11.3 Å². The van der Waals surface area contributed by atoms with Gasteiger partial charge in [0, 0.05) is 12.8 Å². The Morgan fingerprint density at radius 2 is 2.16 bits per heavy atom. The molecule has 100 valence electrons. The first-order chi connectivity index (χ1) is 9.08. The molecule has 0 bridgehead atoms. The molecule has 2 aromatic heterocycles. The molecule has 0 unspecified atom stereocenters. The Bertz CT molecular complexity index is 577. The molecule has 0 spiro atoms. The number of amides is 1. The summed E-state index contributed by atoms with van der Waals surface area (Å²) in [7, 11) is 1.58. The van der Waals surface area contributed by atoms with Gasteiger partial charge in [-0.1, -0.05) is 11.3 Å². The first-order valence-electron chi connectivity index (χ1n) is 5.66. The third kappa shape index (κ3) is 3.55. The number of anilines is 1. The molecule has 0 aromatic carbocycles. The molecular weight excluding hydrogens is 264 g/mol. The van der Waals surface area contributed by atoms with Gasteiger partial charge in [-0.15, -0.1) is 10.2 Å². The summed E-state index contributed by atoms with van der Waals surface area (Å²) >= 11 is 1.28. The van der Waals surface area contributed by atoms with Crippen LogP contribution in [0.25, 0.3) is 0 Å². The summed E-state index contributed by atoms with van der Waals surface area (Å²) in [6.45, 7) is 4.16. The van der Waals surface area contributed by atoms with Crippen molar-refractivity contribution in [3.8, 4) is 0 Å². The minimum atomic E-state index is -0.285. The fourth-order valence-electron chi connectivity index (χ4n) is 1.60. The molecule has 7 heteroatoms. The second-order valence-electron chi connectivity index (χ2n) is 4.06. The fourth-order valence-corrected chi connectivity index (χ4v) is 2.31. The van der Waals surface area contributed by atoms with E-state index in [-0.39, 0.29) is 5.91 Å². The molecule has 0 aliphatic rings. The molecule has 0 atom stereocenters. The van der Waals surface area contributed by atoms with Crippen molar-refractivity contribution in [3.63, 3.8) is 0 Å². The number of carbonyl (C=O) groups is 1. The monoisotopic (exact) mass is 278 g/mol. The van der Waals surface area contributed by atoms with Crippen molar-refractivity contribution in [2.24, 2.45) is 0 Å². The Labute approximate surface area is 114 Å². The van der Waals surface area contributed by atoms with Crippen molar-refractivity contribution in [1.29, 1.82) is 0 Å². The van der Waals surface area contributed by atoms with Gasteiger partial charge in [-0.05, 0) is 31.5 Å². The van der Waals surface area contributed by atoms with Crippen LogP contribution in [-0.4, -0.2) is 28.2 Å². The maximum Gasteiger partial charge on any atom is 0.276 e. The van der Waals surface area contributed by atoms with Crippen LogP contribution in [0, 0.1) is 13.8 Å². The van der Waals surface area contributed by atoms with Crippen LogP contribution >= 0.6 is 11.3 Å². The molecule has 0 saturated carbocycles. The predicted octanol–water partition coefficient (Wildman–Crippen LogP) is 1.95. The quantitative estimate of drug-likeness (QED) is 0.925. The zero-order valence-electron chi connectivity index (χ0n) is 10.9. The van der Waals surface area contributed by atoms with E-state index in [1.54, 1.807) is 13.2 Å². The van der Waals surface area contributed by atoms with Crippen molar-refractivity contribution in [1.82, 2.24) is 15.2 Å². The summed E-state index contributed by atoms with van der Waals surface area (Å²) in [6.07, 6.45) is 0. The molecule has 0 aliphatic carbocycles. The van der Waals surface area contributed by atoms with Gasteiger partial charge in [0.2, 0.25) is 5.13 Å². The minimum Gasteiger partial charge on any atom is -0.377 e. The standard InChI is InChI=1S/C12H14N4O2S/c1-7-4-8(2)13-9(5-7)11(17)14-12-16-15-10(19-12)6-18-3/h4-5H,6H2,1-3H3,(H,14,16,17). The molecule has 2 aromatic rings. The molecule has 0 radical (unpaired) electrons. The Balaban J connectivity index is 2.11. The lowest BCUT2D eigenvalue weighted by atomic mass is 10.2. The summed E-state index contributed by atoms with van der Waals surface area (Å²) in [6, 6.07) is 3.65. The van der Waals surface area contributed by atoms with Crippen LogP contribution in [0.2, 0.25) is 0 Å². The molecule has 1 amide bonds. The van der Waals surface area contributed by atoms with Gasteiger partial charge in [0.1, 0.15) is 17.3 Å². The molecule has 19 heavy (non-hydrogen) atoms. The van der Waals surface area contributed by atoms with E-state index in [1.807, 2.05) is 19.9 Å². The van der Waals surface area contributed by atoms with Gasteiger partial charge in [-0.2, -0.15) is 0 Å². The Kier molecular flexibility index (Phi) is 4.18.